The van der Waals surface area contributed by atoms with Gasteiger partial charge in [0.25, 0.3) is 0 Å². The summed E-state index contributed by atoms with van der Waals surface area (Å²) in [6.07, 6.45) is 0.799. The Bertz CT molecular complexity index is 29.8. The molecule has 0 aromatic rings. The lowest BCUT2D eigenvalue weighted by molar-refractivity contribution is 0.549. The minimum absolute atomic E-state index is 0.0694. The standard InChI is InChI=1S/C6H11/c1-5-6(2,3)4/h1-3,5H2,4H3. The van der Waals surface area contributed by atoms with Crippen LogP contribution in [0.25, 0.3) is 0 Å². The van der Waals surface area contributed by atoms with Crippen LogP contribution in [-0.2, 0) is 0 Å². The van der Waals surface area contributed by atoms with Gasteiger partial charge in [0.15, 0.2) is 0 Å². The van der Waals surface area contributed by atoms with Crippen molar-refractivity contribution in [3.05, 3.63) is 20.8 Å². The monoisotopic (exact) mass is 83.1 g/mol. The molecule has 0 amide bonds. The highest BCUT2D eigenvalue weighted by Gasteiger charge is 2.03. The molecule has 0 saturated carbocycles. The smallest absolute Gasteiger partial charge is 0.0325 e. The molecule has 0 aliphatic rings. The molecule has 0 unspecified atom stereocenters. The van der Waals surface area contributed by atoms with Gasteiger partial charge in [0.05, 0.1) is 0 Å². The van der Waals surface area contributed by atoms with Gasteiger partial charge < -0.3 is 0 Å². The molecule has 0 fully saturated rings. The molecule has 0 aromatic heterocycles. The van der Waals surface area contributed by atoms with Crippen LogP contribution in [0.15, 0.2) is 0 Å². The van der Waals surface area contributed by atoms with Gasteiger partial charge >= 0.3 is 0 Å². The molecule has 0 aliphatic heterocycles. The maximum Gasteiger partial charge on any atom is -0.0325 e. The van der Waals surface area contributed by atoms with Crippen molar-refractivity contribution in [3.63, 3.8) is 0 Å². The Labute approximate surface area is 40.6 Å². The van der Waals surface area contributed by atoms with Gasteiger partial charge in [0, 0.05) is 0 Å². The first-order chi connectivity index (χ1) is 2.56. The van der Waals surface area contributed by atoms with E-state index in [1.165, 1.54) is 0 Å². The largest absolute Gasteiger partial charge is 0.0596 e. The summed E-state index contributed by atoms with van der Waals surface area (Å²) in [5, 5.41) is 0. The minimum Gasteiger partial charge on any atom is -0.0596 e. The van der Waals surface area contributed by atoms with Gasteiger partial charge in [-0.1, -0.05) is 13.8 Å². The van der Waals surface area contributed by atoms with Gasteiger partial charge in [0.2, 0.25) is 0 Å². The van der Waals surface area contributed by atoms with E-state index in [2.05, 4.69) is 20.8 Å². The SMILES string of the molecule is [CH2]CC([CH2])([CH2])C. The van der Waals surface area contributed by atoms with E-state index in [-0.39, 0.29) is 5.41 Å². The van der Waals surface area contributed by atoms with E-state index in [0.717, 1.165) is 6.42 Å². The predicted molar refractivity (Wildman–Crippen MR) is 28.8 cm³/mol. The molecule has 0 aromatic carbocycles. The van der Waals surface area contributed by atoms with Crippen LogP contribution < -0.4 is 0 Å². The minimum atomic E-state index is -0.0694. The van der Waals surface area contributed by atoms with Crippen LogP contribution in [0.3, 0.4) is 0 Å². The first-order valence-electron chi connectivity index (χ1n) is 2.06. The quantitative estimate of drug-likeness (QED) is 0.454. The highest BCUT2D eigenvalue weighted by molar-refractivity contribution is 4.79. The molecule has 0 saturated heterocycles. The summed E-state index contributed by atoms with van der Waals surface area (Å²) in [5.41, 5.74) is -0.0694. The van der Waals surface area contributed by atoms with Crippen LogP contribution in [0, 0.1) is 26.2 Å². The summed E-state index contributed by atoms with van der Waals surface area (Å²) in [6.45, 7) is 13.0. The second-order valence-electron chi connectivity index (χ2n) is 2.06. The van der Waals surface area contributed by atoms with Crippen molar-refractivity contribution >= 4 is 0 Å². The second kappa shape index (κ2) is 1.63. The fraction of sp³-hybridized carbons (Fsp3) is 0.500. The molecule has 0 spiro atoms. The Kier molecular flexibility index (Phi) is 1.63. The van der Waals surface area contributed by atoms with Crippen molar-refractivity contribution in [2.45, 2.75) is 13.3 Å². The molecule has 0 aliphatic carbocycles. The molecular formula is C6H11. The number of hydrogen-bond donors (Lipinski definition) is 0. The molecule has 3 radical (unpaired) electrons. The maximum atomic E-state index is 3.72. The summed E-state index contributed by atoms with van der Waals surface area (Å²) in [5.74, 6) is 0. The van der Waals surface area contributed by atoms with Crippen molar-refractivity contribution in [2.75, 3.05) is 0 Å². The fourth-order valence-corrected chi connectivity index (χ4v) is 0. The van der Waals surface area contributed by atoms with Gasteiger partial charge in [-0.25, -0.2) is 0 Å². The van der Waals surface area contributed by atoms with Crippen LogP contribution >= 0.6 is 0 Å². The topological polar surface area (TPSA) is 0 Å². The van der Waals surface area contributed by atoms with E-state index >= 15 is 0 Å². The molecule has 0 N–H and O–H groups in total. The predicted octanol–water partition coefficient (Wildman–Crippen LogP) is 1.89. The molecule has 0 bridgehead atoms. The number of hydrogen-bond acceptors (Lipinski definition) is 0. The molecule has 35 valence electrons. The van der Waals surface area contributed by atoms with E-state index in [9.17, 15) is 0 Å². The second-order valence-corrected chi connectivity index (χ2v) is 2.06. The third kappa shape index (κ3) is 4.00. The zero-order valence-corrected chi connectivity index (χ0v) is 4.33. The van der Waals surface area contributed by atoms with Crippen LogP contribution in [0.1, 0.15) is 13.3 Å². The summed E-state index contributed by atoms with van der Waals surface area (Å²) < 4.78 is 0. The maximum absolute atomic E-state index is 3.72. The summed E-state index contributed by atoms with van der Waals surface area (Å²) in [6, 6.07) is 0. The Morgan fingerprint density at radius 2 is 1.67 bits per heavy atom. The molecule has 0 nitrogen and oxygen atoms in total. The molecule has 0 rings (SSSR count). The molecule has 0 atom stereocenters. The molecular weight excluding hydrogens is 72.1 g/mol. The Morgan fingerprint density at radius 1 is 1.50 bits per heavy atom. The van der Waals surface area contributed by atoms with Gasteiger partial charge in [-0.2, -0.15) is 0 Å². The summed E-state index contributed by atoms with van der Waals surface area (Å²) in [4.78, 5) is 0. The number of rotatable bonds is 1. The van der Waals surface area contributed by atoms with E-state index < -0.39 is 0 Å². The lowest BCUT2D eigenvalue weighted by atomic mass is 9.94. The van der Waals surface area contributed by atoms with Crippen molar-refractivity contribution < 1.29 is 0 Å². The molecule has 0 heteroatoms. The lowest BCUT2D eigenvalue weighted by Crippen LogP contribution is -2.01. The Balaban J connectivity index is 3.17. The van der Waals surface area contributed by atoms with Crippen LogP contribution in [0.5, 0.6) is 0 Å². The fourth-order valence-electron chi connectivity index (χ4n) is 0. The van der Waals surface area contributed by atoms with Gasteiger partial charge in [-0.15, -0.1) is 0 Å². The molecule has 0 heterocycles. The Hall–Kier alpha value is 0. The first-order valence-corrected chi connectivity index (χ1v) is 2.06. The first kappa shape index (κ1) is 6.00. The van der Waals surface area contributed by atoms with Crippen molar-refractivity contribution in [1.29, 1.82) is 0 Å². The average Bonchev–Trinajstić information content (AvgIpc) is 1.35. The molecule has 6 heavy (non-hydrogen) atoms. The van der Waals surface area contributed by atoms with E-state index in [1.807, 2.05) is 6.92 Å². The average molecular weight is 83.2 g/mol. The van der Waals surface area contributed by atoms with Crippen molar-refractivity contribution in [1.82, 2.24) is 0 Å². The zero-order chi connectivity index (χ0) is 5.21. The van der Waals surface area contributed by atoms with Crippen molar-refractivity contribution in [2.24, 2.45) is 5.41 Å². The van der Waals surface area contributed by atoms with E-state index in [0.29, 0.717) is 0 Å². The normalized spacial score (nSPS) is 12.0. The lowest BCUT2D eigenvalue weighted by Gasteiger charge is -2.12. The zero-order valence-electron chi connectivity index (χ0n) is 4.33. The van der Waals surface area contributed by atoms with Crippen LogP contribution in [0.2, 0.25) is 0 Å². The van der Waals surface area contributed by atoms with E-state index in [1.54, 1.807) is 0 Å². The van der Waals surface area contributed by atoms with Crippen LogP contribution in [-0.4, -0.2) is 0 Å². The summed E-state index contributed by atoms with van der Waals surface area (Å²) in [7, 11) is 0. The highest BCUT2D eigenvalue weighted by atomic mass is 14.1. The van der Waals surface area contributed by atoms with Gasteiger partial charge in [-0.3, -0.25) is 0 Å². The third-order valence-electron chi connectivity index (χ3n) is 0.604. The Morgan fingerprint density at radius 3 is 1.67 bits per heavy atom. The third-order valence-corrected chi connectivity index (χ3v) is 0.604. The van der Waals surface area contributed by atoms with Crippen LogP contribution in [0.4, 0.5) is 0 Å². The summed E-state index contributed by atoms with van der Waals surface area (Å²) >= 11 is 0. The van der Waals surface area contributed by atoms with Gasteiger partial charge in [-0.05, 0) is 25.7 Å². The van der Waals surface area contributed by atoms with E-state index in [4.69, 9.17) is 0 Å². The van der Waals surface area contributed by atoms with Crippen molar-refractivity contribution in [3.8, 4) is 0 Å². The van der Waals surface area contributed by atoms with Gasteiger partial charge in [0.1, 0.15) is 0 Å². The highest BCUT2D eigenvalue weighted by Crippen LogP contribution is 2.14.